The summed E-state index contributed by atoms with van der Waals surface area (Å²) in [7, 11) is 0. The van der Waals surface area contributed by atoms with Crippen LogP contribution >= 0.6 is 0 Å². The molecule has 2 rings (SSSR count). The Morgan fingerprint density at radius 1 is 1.47 bits per heavy atom. The van der Waals surface area contributed by atoms with E-state index in [4.69, 9.17) is 0 Å². The van der Waals surface area contributed by atoms with Crippen molar-refractivity contribution in [2.45, 2.75) is 19.4 Å². The predicted octanol–water partition coefficient (Wildman–Crippen LogP) is -2.81. The van der Waals surface area contributed by atoms with E-state index in [-0.39, 0.29) is 29.6 Å². The molecule has 15 heavy (non-hydrogen) atoms. The maximum Gasteiger partial charge on any atom is 1.00 e. The number of para-hydroxylation sites is 1. The first-order valence-corrected chi connectivity index (χ1v) is 4.75. The summed E-state index contributed by atoms with van der Waals surface area (Å²) in [5.74, 6) is -1.01. The summed E-state index contributed by atoms with van der Waals surface area (Å²) in [6.07, 6.45) is 0.924. The van der Waals surface area contributed by atoms with Gasteiger partial charge in [-0.3, -0.25) is 0 Å². The number of hydrogen-bond acceptors (Lipinski definition) is 3. The second-order valence-electron chi connectivity index (χ2n) is 3.57. The number of carboxylic acids is 1. The van der Waals surface area contributed by atoms with E-state index < -0.39 is 12.0 Å². The zero-order chi connectivity index (χ0) is 10.1. The second kappa shape index (κ2) is 5.01. The van der Waals surface area contributed by atoms with E-state index >= 15 is 0 Å². The van der Waals surface area contributed by atoms with Crippen LogP contribution in [0.1, 0.15) is 12.5 Å². The van der Waals surface area contributed by atoms with Crippen LogP contribution in [-0.2, 0) is 11.2 Å². The maximum absolute atomic E-state index is 10.7. The van der Waals surface area contributed by atoms with Crippen molar-refractivity contribution in [3.8, 4) is 0 Å². The van der Waals surface area contributed by atoms with Gasteiger partial charge in [-0.1, -0.05) is 18.2 Å². The first-order chi connectivity index (χ1) is 6.70. The molecule has 1 aromatic carbocycles. The number of aliphatic carboxylic acids is 1. The van der Waals surface area contributed by atoms with Crippen molar-refractivity contribution in [1.82, 2.24) is 0 Å². The molecule has 74 valence electrons. The van der Waals surface area contributed by atoms with E-state index in [1.807, 2.05) is 29.2 Å². The molecule has 1 aromatic rings. The van der Waals surface area contributed by atoms with Gasteiger partial charge in [-0.2, -0.15) is 0 Å². The number of carboxylic acid groups (broad SMARTS) is 1. The first kappa shape index (κ1) is 12.6. The Hall–Kier alpha value is -0.510. The molecule has 0 aliphatic carbocycles. The van der Waals surface area contributed by atoms with Gasteiger partial charge in [-0.25, -0.2) is 0 Å². The van der Waals surface area contributed by atoms with Crippen molar-refractivity contribution < 1.29 is 39.5 Å². The molecule has 1 unspecified atom stereocenters. The summed E-state index contributed by atoms with van der Waals surface area (Å²) in [6.45, 7) is 2.44. The fourth-order valence-corrected chi connectivity index (χ4v) is 1.89. The zero-order valence-corrected chi connectivity index (χ0v) is 11.1. The van der Waals surface area contributed by atoms with E-state index in [9.17, 15) is 9.90 Å². The van der Waals surface area contributed by atoms with Gasteiger partial charge in [-0.05, 0) is 25.0 Å². The van der Waals surface area contributed by atoms with Crippen LogP contribution in [0.5, 0.6) is 0 Å². The summed E-state index contributed by atoms with van der Waals surface area (Å²) in [6, 6.07) is 7.36. The summed E-state index contributed by atoms with van der Waals surface area (Å²) in [5, 5.41) is 10.7. The minimum absolute atomic E-state index is 0. The van der Waals surface area contributed by atoms with Crippen molar-refractivity contribution in [2.24, 2.45) is 0 Å². The number of rotatable bonds is 2. The molecule has 1 aliphatic rings. The molecule has 0 amide bonds. The summed E-state index contributed by atoms with van der Waals surface area (Å²) in [5.41, 5.74) is 2.25. The molecular formula is C11H12NNaO2. The van der Waals surface area contributed by atoms with Crippen molar-refractivity contribution >= 4 is 11.7 Å². The Morgan fingerprint density at radius 3 is 2.80 bits per heavy atom. The van der Waals surface area contributed by atoms with Gasteiger partial charge >= 0.3 is 29.6 Å². The van der Waals surface area contributed by atoms with Gasteiger partial charge in [0.15, 0.2) is 0 Å². The van der Waals surface area contributed by atoms with Gasteiger partial charge in [0.2, 0.25) is 0 Å². The molecule has 1 aliphatic heterocycles. The van der Waals surface area contributed by atoms with Crippen LogP contribution in [0.4, 0.5) is 5.69 Å². The standard InChI is InChI=1S/C11H13NO2.Na/c1-8(11(13)14)12-7-6-9-4-2-3-5-10(9)12;/h2-5,8H,6-7H2,1H3,(H,13,14);/q;+1/p-1. The number of hydrogen-bond donors (Lipinski definition) is 0. The van der Waals surface area contributed by atoms with Crippen LogP contribution in [0.3, 0.4) is 0 Å². The molecule has 0 fully saturated rings. The van der Waals surface area contributed by atoms with Crippen LogP contribution < -0.4 is 39.6 Å². The van der Waals surface area contributed by atoms with Crippen LogP contribution in [0.25, 0.3) is 0 Å². The minimum Gasteiger partial charge on any atom is -0.548 e. The molecule has 0 saturated heterocycles. The van der Waals surface area contributed by atoms with Crippen LogP contribution in [0, 0.1) is 0 Å². The third kappa shape index (κ3) is 2.36. The summed E-state index contributed by atoms with van der Waals surface area (Å²) in [4.78, 5) is 12.6. The number of carbonyl (C=O) groups is 1. The smallest absolute Gasteiger partial charge is 0.548 e. The van der Waals surface area contributed by atoms with Gasteiger partial charge in [0.1, 0.15) is 0 Å². The van der Waals surface area contributed by atoms with Gasteiger partial charge in [-0.15, -0.1) is 0 Å². The first-order valence-electron chi connectivity index (χ1n) is 4.75. The number of fused-ring (bicyclic) bond motifs is 1. The number of nitrogens with zero attached hydrogens (tertiary/aromatic N) is 1. The predicted molar refractivity (Wildman–Crippen MR) is 52.0 cm³/mol. The normalized spacial score (nSPS) is 15.4. The average Bonchev–Trinajstić information content (AvgIpc) is 2.60. The van der Waals surface area contributed by atoms with E-state index in [2.05, 4.69) is 0 Å². The van der Waals surface area contributed by atoms with Crippen molar-refractivity contribution in [3.63, 3.8) is 0 Å². The molecule has 1 heterocycles. The minimum atomic E-state index is -1.01. The quantitative estimate of drug-likeness (QED) is 0.498. The Bertz CT molecular complexity index is 367. The monoisotopic (exact) mass is 213 g/mol. The molecule has 1 atom stereocenters. The van der Waals surface area contributed by atoms with Crippen molar-refractivity contribution in [2.75, 3.05) is 11.4 Å². The van der Waals surface area contributed by atoms with E-state index in [0.717, 1.165) is 18.7 Å². The van der Waals surface area contributed by atoms with Gasteiger partial charge < -0.3 is 14.8 Å². The topological polar surface area (TPSA) is 43.4 Å². The number of anilines is 1. The molecule has 3 nitrogen and oxygen atoms in total. The molecule has 0 N–H and O–H groups in total. The fourth-order valence-electron chi connectivity index (χ4n) is 1.89. The maximum atomic E-state index is 10.7. The molecular weight excluding hydrogens is 201 g/mol. The van der Waals surface area contributed by atoms with Crippen LogP contribution in [0.2, 0.25) is 0 Å². The van der Waals surface area contributed by atoms with E-state index in [1.165, 1.54) is 5.56 Å². The second-order valence-corrected chi connectivity index (χ2v) is 3.57. The van der Waals surface area contributed by atoms with Crippen LogP contribution in [-0.4, -0.2) is 18.6 Å². The number of benzene rings is 1. The summed E-state index contributed by atoms with van der Waals surface area (Å²) < 4.78 is 0. The summed E-state index contributed by atoms with van der Waals surface area (Å²) >= 11 is 0. The third-order valence-electron chi connectivity index (χ3n) is 2.73. The number of carbonyl (C=O) groups excluding carboxylic acids is 1. The molecule has 0 bridgehead atoms. The largest absolute Gasteiger partial charge is 1.00 e. The Morgan fingerprint density at radius 2 is 2.13 bits per heavy atom. The molecule has 0 spiro atoms. The van der Waals surface area contributed by atoms with Gasteiger partial charge in [0, 0.05) is 12.2 Å². The fraction of sp³-hybridized carbons (Fsp3) is 0.364. The van der Waals surface area contributed by atoms with E-state index in [0.29, 0.717) is 0 Å². The zero-order valence-electron chi connectivity index (χ0n) is 9.06. The average molecular weight is 213 g/mol. The third-order valence-corrected chi connectivity index (χ3v) is 2.73. The van der Waals surface area contributed by atoms with Crippen LogP contribution in [0.15, 0.2) is 24.3 Å². The SMILES string of the molecule is CC(C(=O)[O-])N1CCc2ccccc21.[Na+]. The van der Waals surface area contributed by atoms with Crippen molar-refractivity contribution in [3.05, 3.63) is 29.8 Å². The molecule has 0 aromatic heterocycles. The molecule has 0 saturated carbocycles. The van der Waals surface area contributed by atoms with Crippen molar-refractivity contribution in [1.29, 1.82) is 0 Å². The Kier molecular flexibility index (Phi) is 4.20. The molecule has 4 heteroatoms. The molecule has 0 radical (unpaired) electrons. The van der Waals surface area contributed by atoms with E-state index in [1.54, 1.807) is 6.92 Å². The Labute approximate surface area is 111 Å². The Balaban J connectivity index is 0.00000112. The van der Waals surface area contributed by atoms with Gasteiger partial charge in [0.05, 0.1) is 12.0 Å². The van der Waals surface area contributed by atoms with Gasteiger partial charge in [0.25, 0.3) is 0 Å².